The monoisotopic (exact) mass is 355 g/mol. The number of amides is 1. The molecule has 7 heteroatoms. The van der Waals surface area contributed by atoms with Crippen LogP contribution in [-0.2, 0) is 9.53 Å². The fraction of sp³-hybridized carbons (Fsp3) is 0.889. The van der Waals surface area contributed by atoms with Crippen molar-refractivity contribution in [1.29, 1.82) is 0 Å². The van der Waals surface area contributed by atoms with Crippen LogP contribution in [0.25, 0.3) is 0 Å². The molecule has 0 bridgehead atoms. The minimum absolute atomic E-state index is 0.0710. The van der Waals surface area contributed by atoms with E-state index in [9.17, 15) is 4.79 Å². The van der Waals surface area contributed by atoms with Gasteiger partial charge in [-0.1, -0.05) is 13.8 Å². The number of carbonyl (C=O) groups is 1. The molecule has 1 amide bonds. The quantitative estimate of drug-likeness (QED) is 0.465. The topological polar surface area (TPSA) is 78.0 Å². The Morgan fingerprint density at radius 3 is 2.36 bits per heavy atom. The average Bonchev–Trinajstić information content (AvgIpc) is 2.51. The van der Waals surface area contributed by atoms with Crippen molar-refractivity contribution in [2.75, 3.05) is 45.9 Å². The largest absolute Gasteiger partial charge is 0.379 e. The van der Waals surface area contributed by atoms with Gasteiger partial charge < -0.3 is 20.7 Å². The zero-order chi connectivity index (χ0) is 18.9. The van der Waals surface area contributed by atoms with Crippen molar-refractivity contribution in [2.24, 2.45) is 10.9 Å². The summed E-state index contributed by atoms with van der Waals surface area (Å²) in [6.07, 6.45) is 0. The van der Waals surface area contributed by atoms with E-state index in [1.165, 1.54) is 0 Å². The zero-order valence-corrected chi connectivity index (χ0v) is 16.8. The van der Waals surface area contributed by atoms with Crippen molar-refractivity contribution in [3.63, 3.8) is 0 Å². The molecule has 1 aliphatic heterocycles. The van der Waals surface area contributed by atoms with Gasteiger partial charge in [0.2, 0.25) is 5.91 Å². The first-order valence-corrected chi connectivity index (χ1v) is 9.38. The number of nitrogens with one attached hydrogen (secondary N) is 3. The highest BCUT2D eigenvalue weighted by atomic mass is 16.5. The number of guanidine groups is 1. The molecule has 146 valence electrons. The lowest BCUT2D eigenvalue weighted by molar-refractivity contribution is -0.121. The summed E-state index contributed by atoms with van der Waals surface area (Å²) < 4.78 is 5.46. The van der Waals surface area contributed by atoms with Crippen LogP contribution >= 0.6 is 0 Å². The van der Waals surface area contributed by atoms with E-state index in [4.69, 9.17) is 4.74 Å². The summed E-state index contributed by atoms with van der Waals surface area (Å²) in [4.78, 5) is 18.8. The Morgan fingerprint density at radius 1 is 1.20 bits per heavy atom. The second kappa shape index (κ2) is 10.6. The molecule has 1 aliphatic rings. The number of aliphatic imine (C=N–C) groups is 1. The van der Waals surface area contributed by atoms with Crippen molar-refractivity contribution < 1.29 is 9.53 Å². The number of morpholine rings is 1. The fourth-order valence-corrected chi connectivity index (χ4v) is 2.85. The molecule has 3 N–H and O–H groups in total. The Kier molecular flexibility index (Phi) is 9.21. The first kappa shape index (κ1) is 21.7. The van der Waals surface area contributed by atoms with E-state index in [-0.39, 0.29) is 18.0 Å². The molecule has 25 heavy (non-hydrogen) atoms. The lowest BCUT2D eigenvalue weighted by atomic mass is 10.0. The lowest BCUT2D eigenvalue weighted by Crippen LogP contribution is -2.52. The molecular weight excluding hydrogens is 318 g/mol. The molecule has 1 saturated heterocycles. The van der Waals surface area contributed by atoms with Gasteiger partial charge in [-0.3, -0.25) is 9.69 Å². The van der Waals surface area contributed by atoms with Crippen LogP contribution in [0.3, 0.4) is 0 Å². The third-order valence-corrected chi connectivity index (χ3v) is 4.00. The summed E-state index contributed by atoms with van der Waals surface area (Å²) in [5, 5.41) is 9.54. The smallest absolute Gasteiger partial charge is 0.242 e. The third-order valence-electron chi connectivity index (χ3n) is 4.00. The minimum atomic E-state index is -0.239. The molecule has 0 spiro atoms. The summed E-state index contributed by atoms with van der Waals surface area (Å²) in [5.74, 6) is 1.14. The van der Waals surface area contributed by atoms with Gasteiger partial charge in [0.15, 0.2) is 5.96 Å². The molecule has 7 nitrogen and oxygen atoms in total. The van der Waals surface area contributed by atoms with Gasteiger partial charge >= 0.3 is 0 Å². The van der Waals surface area contributed by atoms with E-state index in [1.54, 1.807) is 0 Å². The number of rotatable bonds is 7. The van der Waals surface area contributed by atoms with Gasteiger partial charge in [-0.25, -0.2) is 4.99 Å². The predicted molar refractivity (Wildman–Crippen MR) is 103 cm³/mol. The van der Waals surface area contributed by atoms with Gasteiger partial charge in [-0.2, -0.15) is 0 Å². The summed E-state index contributed by atoms with van der Waals surface area (Å²) in [6, 6.07) is 0.413. The summed E-state index contributed by atoms with van der Waals surface area (Å²) in [7, 11) is 0. The summed E-state index contributed by atoms with van der Waals surface area (Å²) in [5.41, 5.74) is -0.239. The predicted octanol–water partition coefficient (Wildman–Crippen LogP) is 0.813. The van der Waals surface area contributed by atoms with E-state index in [2.05, 4.69) is 39.7 Å². The number of ether oxygens (including phenoxy) is 1. The maximum absolute atomic E-state index is 12.0. The van der Waals surface area contributed by atoms with E-state index in [0.717, 1.165) is 39.4 Å². The van der Waals surface area contributed by atoms with Gasteiger partial charge in [-0.15, -0.1) is 0 Å². The van der Waals surface area contributed by atoms with Gasteiger partial charge in [-0.05, 0) is 33.6 Å². The minimum Gasteiger partial charge on any atom is -0.379 e. The number of hydrogen-bond acceptors (Lipinski definition) is 4. The Labute approximate surface area is 153 Å². The van der Waals surface area contributed by atoms with Crippen molar-refractivity contribution in [3.8, 4) is 0 Å². The molecule has 1 heterocycles. The maximum Gasteiger partial charge on any atom is 0.242 e. The fourth-order valence-electron chi connectivity index (χ4n) is 2.85. The molecule has 1 rings (SSSR count). The Bertz CT molecular complexity index is 426. The van der Waals surface area contributed by atoms with Crippen LogP contribution in [0.5, 0.6) is 0 Å². The SMILES string of the molecule is CCNC(=NCC(=O)NC(C)(C)C)NCC(C(C)C)N1CCOCC1. The molecule has 1 atom stereocenters. The standard InChI is InChI=1S/C18H37N5O2/c1-7-19-17(21-13-16(24)22-18(4,5)6)20-12-15(14(2)3)23-8-10-25-11-9-23/h14-15H,7-13H2,1-6H3,(H,22,24)(H2,19,20,21). The summed E-state index contributed by atoms with van der Waals surface area (Å²) in [6.45, 7) is 17.6. The van der Waals surface area contributed by atoms with Crippen molar-refractivity contribution >= 4 is 11.9 Å². The zero-order valence-electron chi connectivity index (χ0n) is 16.8. The van der Waals surface area contributed by atoms with E-state index in [0.29, 0.717) is 17.9 Å². The second-order valence-corrected chi connectivity index (χ2v) is 7.83. The van der Waals surface area contributed by atoms with Crippen molar-refractivity contribution in [3.05, 3.63) is 0 Å². The molecule has 0 saturated carbocycles. The highest BCUT2D eigenvalue weighted by molar-refractivity contribution is 5.85. The van der Waals surface area contributed by atoms with Crippen molar-refractivity contribution in [1.82, 2.24) is 20.9 Å². The molecule has 1 unspecified atom stereocenters. The molecule has 0 radical (unpaired) electrons. The van der Waals surface area contributed by atoms with Crippen LogP contribution in [0.2, 0.25) is 0 Å². The van der Waals surface area contributed by atoms with Crippen LogP contribution in [-0.4, -0.2) is 74.3 Å². The highest BCUT2D eigenvalue weighted by Crippen LogP contribution is 2.12. The van der Waals surface area contributed by atoms with Gasteiger partial charge in [0.05, 0.1) is 13.2 Å². The van der Waals surface area contributed by atoms with Crippen molar-refractivity contribution in [2.45, 2.75) is 53.1 Å². The van der Waals surface area contributed by atoms with Gasteiger partial charge in [0.1, 0.15) is 6.54 Å². The third kappa shape index (κ3) is 9.07. The van der Waals surface area contributed by atoms with E-state index < -0.39 is 0 Å². The van der Waals surface area contributed by atoms with Crippen LogP contribution < -0.4 is 16.0 Å². The molecule has 0 aromatic carbocycles. The Balaban J connectivity index is 2.59. The van der Waals surface area contributed by atoms with Crippen LogP contribution in [0.15, 0.2) is 4.99 Å². The molecule has 1 fully saturated rings. The first-order valence-electron chi connectivity index (χ1n) is 9.38. The van der Waals surface area contributed by atoms with E-state index >= 15 is 0 Å². The number of carbonyl (C=O) groups excluding carboxylic acids is 1. The second-order valence-electron chi connectivity index (χ2n) is 7.83. The molecule has 0 aromatic heterocycles. The lowest BCUT2D eigenvalue weighted by Gasteiger charge is -2.37. The number of hydrogen-bond donors (Lipinski definition) is 3. The summed E-state index contributed by atoms with van der Waals surface area (Å²) >= 11 is 0. The highest BCUT2D eigenvalue weighted by Gasteiger charge is 2.24. The molecule has 0 aliphatic carbocycles. The Morgan fingerprint density at radius 2 is 1.84 bits per heavy atom. The van der Waals surface area contributed by atoms with Gasteiger partial charge in [0, 0.05) is 37.8 Å². The van der Waals surface area contributed by atoms with E-state index in [1.807, 2.05) is 27.7 Å². The van der Waals surface area contributed by atoms with Crippen LogP contribution in [0.1, 0.15) is 41.5 Å². The average molecular weight is 356 g/mol. The maximum atomic E-state index is 12.0. The first-order chi connectivity index (χ1) is 11.7. The van der Waals surface area contributed by atoms with Crippen LogP contribution in [0, 0.1) is 5.92 Å². The molecule has 0 aromatic rings. The van der Waals surface area contributed by atoms with Crippen LogP contribution in [0.4, 0.5) is 0 Å². The number of nitrogens with zero attached hydrogens (tertiary/aromatic N) is 2. The Hall–Kier alpha value is -1.34. The normalized spacial score (nSPS) is 18.1. The molecular formula is C18H37N5O2. The van der Waals surface area contributed by atoms with Gasteiger partial charge in [0.25, 0.3) is 0 Å².